The summed E-state index contributed by atoms with van der Waals surface area (Å²) >= 11 is 0. The average Bonchev–Trinajstić information content (AvgIpc) is 2.91. The monoisotopic (exact) mass is 355 g/mol. The van der Waals surface area contributed by atoms with Crippen molar-refractivity contribution in [3.05, 3.63) is 41.7 Å². The van der Waals surface area contributed by atoms with Gasteiger partial charge in [0.25, 0.3) is 0 Å². The minimum absolute atomic E-state index is 0.258. The molecule has 1 unspecified atom stereocenters. The van der Waals surface area contributed by atoms with Crippen LogP contribution in [0.5, 0.6) is 0 Å². The van der Waals surface area contributed by atoms with E-state index >= 15 is 0 Å². The fraction of sp³-hybridized carbons (Fsp3) is 0.550. The molecule has 0 saturated heterocycles. The molecular weight excluding hydrogens is 326 g/mol. The third-order valence-corrected chi connectivity index (χ3v) is 10.2. The Morgan fingerprint density at radius 1 is 1.16 bits per heavy atom. The van der Waals surface area contributed by atoms with Crippen molar-refractivity contribution in [3.8, 4) is 0 Å². The predicted octanol–water partition coefficient (Wildman–Crippen LogP) is 4.49. The highest BCUT2D eigenvalue weighted by molar-refractivity contribution is 6.74. The first-order valence-corrected chi connectivity index (χ1v) is 12.0. The zero-order chi connectivity index (χ0) is 18.2. The van der Waals surface area contributed by atoms with Crippen molar-refractivity contribution < 1.29 is 4.43 Å². The first-order valence-electron chi connectivity index (χ1n) is 9.09. The van der Waals surface area contributed by atoms with Crippen molar-refractivity contribution in [1.29, 1.82) is 0 Å². The molecule has 0 aliphatic heterocycles. The third kappa shape index (κ3) is 3.82. The van der Waals surface area contributed by atoms with Crippen molar-refractivity contribution in [2.45, 2.75) is 58.2 Å². The first kappa shape index (κ1) is 18.2. The Bertz CT molecular complexity index is 795. The summed E-state index contributed by atoms with van der Waals surface area (Å²) in [6.45, 7) is 16.1. The van der Waals surface area contributed by atoms with E-state index in [9.17, 15) is 0 Å². The summed E-state index contributed by atoms with van der Waals surface area (Å²) in [5.74, 6) is 1.29. The van der Waals surface area contributed by atoms with E-state index in [1.807, 2.05) is 6.08 Å². The molecule has 1 aliphatic rings. The molecule has 3 rings (SSSR count). The van der Waals surface area contributed by atoms with Gasteiger partial charge in [0.2, 0.25) is 0 Å². The van der Waals surface area contributed by atoms with E-state index < -0.39 is 8.32 Å². The van der Waals surface area contributed by atoms with Gasteiger partial charge in [-0.15, -0.1) is 16.8 Å². The van der Waals surface area contributed by atoms with Crippen LogP contribution in [-0.2, 0) is 23.7 Å². The minimum Gasteiger partial charge on any atom is -0.417 e. The number of rotatable bonds is 5. The van der Waals surface area contributed by atoms with Gasteiger partial charge in [-0.05, 0) is 60.2 Å². The SMILES string of the molecule is C=CCc1nnc2cc3c(cc2n1)CC(CO[Si](C)(C)C(C)(C)C)C3. The van der Waals surface area contributed by atoms with Crippen LogP contribution in [0.2, 0.25) is 18.1 Å². The van der Waals surface area contributed by atoms with Gasteiger partial charge in [-0.2, -0.15) is 0 Å². The summed E-state index contributed by atoms with van der Waals surface area (Å²) in [5, 5.41) is 8.78. The van der Waals surface area contributed by atoms with Gasteiger partial charge < -0.3 is 4.43 Å². The number of nitrogens with zero attached hydrogens (tertiary/aromatic N) is 3. The fourth-order valence-corrected chi connectivity index (χ4v) is 4.14. The number of aromatic nitrogens is 3. The van der Waals surface area contributed by atoms with Gasteiger partial charge in [0, 0.05) is 13.0 Å². The molecule has 5 heteroatoms. The quantitative estimate of drug-likeness (QED) is 0.586. The van der Waals surface area contributed by atoms with Gasteiger partial charge >= 0.3 is 0 Å². The van der Waals surface area contributed by atoms with Crippen LogP contribution < -0.4 is 0 Å². The van der Waals surface area contributed by atoms with Crippen LogP contribution in [0.15, 0.2) is 24.8 Å². The number of allylic oxidation sites excluding steroid dienone is 1. The van der Waals surface area contributed by atoms with Gasteiger partial charge in [-0.3, -0.25) is 0 Å². The van der Waals surface area contributed by atoms with Crippen molar-refractivity contribution in [3.63, 3.8) is 0 Å². The van der Waals surface area contributed by atoms with E-state index in [0.717, 1.165) is 36.3 Å². The van der Waals surface area contributed by atoms with E-state index in [1.165, 1.54) is 11.1 Å². The summed E-state index contributed by atoms with van der Waals surface area (Å²) < 4.78 is 6.44. The van der Waals surface area contributed by atoms with Crippen LogP contribution >= 0.6 is 0 Å². The summed E-state index contributed by atoms with van der Waals surface area (Å²) in [6.07, 6.45) is 4.60. The summed E-state index contributed by atoms with van der Waals surface area (Å²) in [5.41, 5.74) is 4.60. The van der Waals surface area contributed by atoms with E-state index in [2.05, 4.69) is 67.8 Å². The van der Waals surface area contributed by atoms with Crippen LogP contribution in [0.1, 0.15) is 37.7 Å². The smallest absolute Gasteiger partial charge is 0.191 e. The fourth-order valence-electron chi connectivity index (χ4n) is 3.06. The Hall–Kier alpha value is -1.59. The molecule has 134 valence electrons. The topological polar surface area (TPSA) is 47.9 Å². The molecule has 4 nitrogen and oxygen atoms in total. The van der Waals surface area contributed by atoms with Crippen LogP contribution in [0.25, 0.3) is 11.0 Å². The molecule has 0 spiro atoms. The van der Waals surface area contributed by atoms with Gasteiger partial charge in [-0.1, -0.05) is 26.8 Å². The zero-order valence-electron chi connectivity index (χ0n) is 16.1. The Morgan fingerprint density at radius 2 is 1.80 bits per heavy atom. The maximum Gasteiger partial charge on any atom is 0.191 e. The van der Waals surface area contributed by atoms with Crippen molar-refractivity contribution >= 4 is 19.4 Å². The molecule has 1 heterocycles. The lowest BCUT2D eigenvalue weighted by atomic mass is 10.1. The standard InChI is InChI=1S/C20H29N3OSi/c1-7-8-19-21-17-11-15-9-14(10-16(15)12-18(17)22-23-19)13-24-25(5,6)20(2,3)4/h7,11-12,14H,1,8-10,13H2,2-6H3. The lowest BCUT2D eigenvalue weighted by Crippen LogP contribution is -2.42. The molecule has 0 amide bonds. The second-order valence-corrected chi connectivity index (χ2v) is 13.5. The maximum atomic E-state index is 6.44. The lowest BCUT2D eigenvalue weighted by molar-refractivity contribution is 0.232. The molecule has 1 aliphatic carbocycles. The highest BCUT2D eigenvalue weighted by Gasteiger charge is 2.38. The lowest BCUT2D eigenvalue weighted by Gasteiger charge is -2.37. The van der Waals surface area contributed by atoms with Gasteiger partial charge in [0.1, 0.15) is 5.52 Å². The molecular formula is C20H29N3OSi. The second kappa shape index (κ2) is 6.61. The van der Waals surface area contributed by atoms with E-state index in [0.29, 0.717) is 12.3 Å². The molecule has 0 fully saturated rings. The second-order valence-electron chi connectivity index (χ2n) is 8.68. The molecule has 2 aromatic rings. The number of fused-ring (bicyclic) bond motifs is 2. The maximum absolute atomic E-state index is 6.44. The highest BCUT2D eigenvalue weighted by atomic mass is 28.4. The molecule has 1 aromatic carbocycles. The number of hydrogen-bond donors (Lipinski definition) is 0. The molecule has 25 heavy (non-hydrogen) atoms. The first-order chi connectivity index (χ1) is 11.7. The van der Waals surface area contributed by atoms with Crippen LogP contribution in [-0.4, -0.2) is 30.1 Å². The van der Waals surface area contributed by atoms with Crippen molar-refractivity contribution in [1.82, 2.24) is 15.2 Å². The molecule has 0 N–H and O–H groups in total. The van der Waals surface area contributed by atoms with E-state index in [4.69, 9.17) is 4.43 Å². The third-order valence-electron chi connectivity index (χ3n) is 5.65. The van der Waals surface area contributed by atoms with E-state index in [1.54, 1.807) is 0 Å². The van der Waals surface area contributed by atoms with E-state index in [-0.39, 0.29) is 5.04 Å². The van der Waals surface area contributed by atoms with Crippen LogP contribution in [0.3, 0.4) is 0 Å². The molecule has 1 aromatic heterocycles. The Labute approximate surface area is 151 Å². The molecule has 0 radical (unpaired) electrons. The van der Waals surface area contributed by atoms with Crippen LogP contribution in [0.4, 0.5) is 0 Å². The van der Waals surface area contributed by atoms with Gasteiger partial charge in [-0.25, -0.2) is 4.98 Å². The Morgan fingerprint density at radius 3 is 2.40 bits per heavy atom. The van der Waals surface area contributed by atoms with Crippen molar-refractivity contribution in [2.75, 3.05) is 6.61 Å². The predicted molar refractivity (Wildman–Crippen MR) is 105 cm³/mol. The van der Waals surface area contributed by atoms with Crippen LogP contribution in [0, 0.1) is 5.92 Å². The number of benzene rings is 1. The van der Waals surface area contributed by atoms with Gasteiger partial charge in [0.15, 0.2) is 14.1 Å². The molecule has 0 saturated carbocycles. The summed E-state index contributed by atoms with van der Waals surface area (Å²) in [7, 11) is -1.68. The number of hydrogen-bond acceptors (Lipinski definition) is 4. The Kier molecular flexibility index (Phi) is 4.82. The molecule has 1 atom stereocenters. The zero-order valence-corrected chi connectivity index (χ0v) is 17.1. The summed E-state index contributed by atoms with van der Waals surface area (Å²) in [4.78, 5) is 4.62. The Balaban J connectivity index is 1.74. The van der Waals surface area contributed by atoms with Gasteiger partial charge in [0.05, 0.1) is 5.52 Å². The molecule has 0 bridgehead atoms. The minimum atomic E-state index is -1.68. The largest absolute Gasteiger partial charge is 0.417 e. The highest BCUT2D eigenvalue weighted by Crippen LogP contribution is 2.38. The van der Waals surface area contributed by atoms with Crippen molar-refractivity contribution in [2.24, 2.45) is 5.92 Å². The summed E-state index contributed by atoms with van der Waals surface area (Å²) in [6, 6.07) is 4.35. The average molecular weight is 356 g/mol. The normalized spacial score (nSPS) is 17.7.